The summed E-state index contributed by atoms with van der Waals surface area (Å²) in [6.45, 7) is 4.94. The lowest BCUT2D eigenvalue weighted by molar-refractivity contribution is 0.0651. The van der Waals surface area contributed by atoms with E-state index in [1.54, 1.807) is 24.4 Å². The number of aliphatic hydroxyl groups is 1. The number of pyridine rings is 1. The number of hydrogen-bond acceptors (Lipinski definition) is 8. The van der Waals surface area contributed by atoms with Crippen LogP contribution in [0.1, 0.15) is 68.4 Å². The second-order valence-corrected chi connectivity index (χ2v) is 9.97. The maximum absolute atomic E-state index is 13.0. The van der Waals surface area contributed by atoms with Gasteiger partial charge in [-0.15, -0.1) is 5.10 Å². The molecule has 182 valence electrons. The maximum Gasteiger partial charge on any atom is 0.255 e. The van der Waals surface area contributed by atoms with Crippen molar-refractivity contribution in [3.63, 3.8) is 0 Å². The molecule has 1 saturated heterocycles. The molecule has 0 aromatic carbocycles. The number of rotatable bonds is 5. The molecular weight excluding hydrogens is 444 g/mol. The average Bonchev–Trinajstić information content (AvgIpc) is 3.43. The minimum atomic E-state index is -0.441. The van der Waals surface area contributed by atoms with Crippen LogP contribution in [0.4, 0.5) is 17.3 Å². The molecule has 3 aromatic rings. The van der Waals surface area contributed by atoms with Gasteiger partial charge in [-0.05, 0) is 51.7 Å². The van der Waals surface area contributed by atoms with Crippen LogP contribution in [0.3, 0.4) is 0 Å². The molecule has 5 rings (SSSR count). The number of nitrogens with zero attached hydrogens (tertiary/aromatic N) is 6. The van der Waals surface area contributed by atoms with Crippen LogP contribution in [-0.2, 0) is 0 Å². The molecule has 2 aliphatic rings. The van der Waals surface area contributed by atoms with E-state index >= 15 is 0 Å². The van der Waals surface area contributed by atoms with Crippen LogP contribution < -0.4 is 10.6 Å². The highest BCUT2D eigenvalue weighted by Crippen LogP contribution is 2.30. The minimum Gasteiger partial charge on any atom is -0.391 e. The molecule has 10 heteroatoms. The molecule has 3 N–H and O–H groups in total. The van der Waals surface area contributed by atoms with Crippen molar-refractivity contribution in [1.82, 2.24) is 24.5 Å². The summed E-state index contributed by atoms with van der Waals surface area (Å²) < 4.78 is 1.48. The molecule has 4 heterocycles. The summed E-state index contributed by atoms with van der Waals surface area (Å²) in [5.41, 5.74) is 1.80. The Hall–Kier alpha value is -3.71. The third-order valence-corrected chi connectivity index (χ3v) is 7.06. The van der Waals surface area contributed by atoms with Crippen molar-refractivity contribution >= 4 is 28.9 Å². The first kappa shape index (κ1) is 23.1. The molecule has 10 nitrogen and oxygen atoms in total. The van der Waals surface area contributed by atoms with E-state index in [-0.39, 0.29) is 17.5 Å². The molecule has 1 aliphatic carbocycles. The van der Waals surface area contributed by atoms with E-state index < -0.39 is 6.10 Å². The van der Waals surface area contributed by atoms with Gasteiger partial charge in [0.1, 0.15) is 17.7 Å². The number of nitrogens with one attached hydrogen (secondary N) is 2. The highest BCUT2D eigenvalue weighted by Gasteiger charge is 2.35. The van der Waals surface area contributed by atoms with Gasteiger partial charge in [0.25, 0.3) is 5.91 Å². The van der Waals surface area contributed by atoms with Gasteiger partial charge < -0.3 is 20.6 Å². The van der Waals surface area contributed by atoms with Gasteiger partial charge in [0.15, 0.2) is 11.3 Å². The Morgan fingerprint density at radius 3 is 2.69 bits per heavy atom. The molecule has 2 fully saturated rings. The van der Waals surface area contributed by atoms with Crippen LogP contribution in [-0.4, -0.2) is 59.7 Å². The molecule has 35 heavy (non-hydrogen) atoms. The highest BCUT2D eigenvalue weighted by molar-refractivity contribution is 5.95. The Morgan fingerprint density at radius 1 is 1.17 bits per heavy atom. The number of carbonyl (C=O) groups excluding carboxylic acids is 1. The summed E-state index contributed by atoms with van der Waals surface area (Å²) in [6, 6.07) is 7.35. The van der Waals surface area contributed by atoms with Gasteiger partial charge in [-0.3, -0.25) is 4.79 Å². The lowest BCUT2D eigenvalue weighted by Gasteiger charge is -2.31. The first-order valence-electron chi connectivity index (χ1n) is 12.1. The van der Waals surface area contributed by atoms with Crippen LogP contribution in [0.2, 0.25) is 0 Å². The Labute approximate surface area is 204 Å². The van der Waals surface area contributed by atoms with Crippen molar-refractivity contribution in [1.29, 1.82) is 5.26 Å². The Bertz CT molecular complexity index is 1280. The normalized spacial score (nSPS) is 21.6. The summed E-state index contributed by atoms with van der Waals surface area (Å²) in [5.74, 6) is 1.06. The molecular formula is C25H30N8O2. The maximum atomic E-state index is 13.0. The Kier molecular flexibility index (Phi) is 6.03. The molecule has 1 saturated carbocycles. The summed E-state index contributed by atoms with van der Waals surface area (Å²) >= 11 is 0. The molecule has 2 atom stereocenters. The van der Waals surface area contributed by atoms with Gasteiger partial charge in [-0.2, -0.15) is 9.78 Å². The van der Waals surface area contributed by atoms with Gasteiger partial charge in [0.05, 0.1) is 29.6 Å². The first-order chi connectivity index (χ1) is 16.9. The number of amides is 1. The van der Waals surface area contributed by atoms with Gasteiger partial charge >= 0.3 is 0 Å². The summed E-state index contributed by atoms with van der Waals surface area (Å²) in [4.78, 5) is 23.7. The van der Waals surface area contributed by atoms with Gasteiger partial charge in [0, 0.05) is 24.3 Å². The predicted molar refractivity (Wildman–Crippen MR) is 131 cm³/mol. The van der Waals surface area contributed by atoms with Crippen LogP contribution >= 0.6 is 0 Å². The van der Waals surface area contributed by atoms with Gasteiger partial charge in [0.2, 0.25) is 0 Å². The molecule has 0 unspecified atom stereocenters. The van der Waals surface area contributed by atoms with Crippen molar-refractivity contribution in [2.45, 2.75) is 70.1 Å². The molecule has 0 bridgehead atoms. The van der Waals surface area contributed by atoms with Crippen molar-refractivity contribution in [3.8, 4) is 6.07 Å². The second-order valence-electron chi connectivity index (χ2n) is 9.97. The highest BCUT2D eigenvalue weighted by atomic mass is 16.3. The van der Waals surface area contributed by atoms with E-state index in [2.05, 4.69) is 45.6 Å². The summed E-state index contributed by atoms with van der Waals surface area (Å²) in [6.07, 6.45) is 8.27. The fourth-order valence-corrected chi connectivity index (χ4v) is 5.05. The third-order valence-electron chi connectivity index (χ3n) is 7.06. The Morgan fingerprint density at radius 2 is 2.00 bits per heavy atom. The number of fused-ring (bicyclic) bond motifs is 1. The smallest absolute Gasteiger partial charge is 0.255 e. The molecule has 0 radical (unpaired) electrons. The lowest BCUT2D eigenvalue weighted by atomic mass is 9.92. The lowest BCUT2D eigenvalue weighted by Crippen LogP contribution is -2.42. The predicted octanol–water partition coefficient (Wildman–Crippen LogP) is 3.47. The number of likely N-dealkylation sites (tertiary alicyclic amines) is 1. The number of anilines is 3. The van der Waals surface area contributed by atoms with Crippen LogP contribution in [0.25, 0.3) is 5.65 Å². The zero-order valence-corrected chi connectivity index (χ0v) is 20.0. The van der Waals surface area contributed by atoms with E-state index in [1.165, 1.54) is 10.7 Å². The van der Waals surface area contributed by atoms with Crippen LogP contribution in [0.5, 0.6) is 0 Å². The molecule has 3 aromatic heterocycles. The zero-order valence-electron chi connectivity index (χ0n) is 20.0. The third kappa shape index (κ3) is 4.51. The minimum absolute atomic E-state index is 0.0118. The number of aromatic nitrogens is 4. The van der Waals surface area contributed by atoms with E-state index in [0.717, 1.165) is 45.1 Å². The van der Waals surface area contributed by atoms with Crippen LogP contribution in [0.15, 0.2) is 30.6 Å². The topological polar surface area (TPSA) is 131 Å². The largest absolute Gasteiger partial charge is 0.391 e. The average molecular weight is 475 g/mol. The van der Waals surface area contributed by atoms with E-state index in [0.29, 0.717) is 34.2 Å². The summed E-state index contributed by atoms with van der Waals surface area (Å²) in [7, 11) is 0. The Balaban J connectivity index is 1.40. The fraction of sp³-hybridized carbons (Fsp3) is 0.480. The van der Waals surface area contributed by atoms with Gasteiger partial charge in [-0.1, -0.05) is 12.8 Å². The number of nitriles is 1. The summed E-state index contributed by atoms with van der Waals surface area (Å²) in [5, 5.41) is 31.0. The van der Waals surface area contributed by atoms with Crippen molar-refractivity contribution in [2.24, 2.45) is 0 Å². The van der Waals surface area contributed by atoms with E-state index in [9.17, 15) is 15.2 Å². The van der Waals surface area contributed by atoms with E-state index in [4.69, 9.17) is 0 Å². The standard InChI is InChI=1S/C25H30N8O2/c1-25(2)10-5-11-32(25)24(35)16-8-9-21(27-14-16)30-19-12-22(29-18-6-3-4-7-20(18)34)31-33-17(13-26)15-28-23(19)33/h8-9,12,14-15,18,20,34H,3-7,10-11H2,1-2H3,(H,27,30)(H,29,31)/t18-,20-/m0/s1. The number of imidazole rings is 1. The van der Waals surface area contributed by atoms with Crippen molar-refractivity contribution < 1.29 is 9.90 Å². The van der Waals surface area contributed by atoms with Crippen molar-refractivity contribution in [3.05, 3.63) is 41.9 Å². The SMILES string of the molecule is CC1(C)CCCN1C(=O)c1ccc(Nc2cc(N[C@H]3CCCC[C@@H]3O)nn3c(C#N)cnc23)nc1. The molecule has 1 amide bonds. The van der Waals surface area contributed by atoms with Crippen LogP contribution in [0, 0.1) is 11.3 Å². The fourth-order valence-electron chi connectivity index (χ4n) is 5.05. The van der Waals surface area contributed by atoms with E-state index in [1.807, 2.05) is 4.90 Å². The number of carbonyl (C=O) groups is 1. The number of hydrogen-bond donors (Lipinski definition) is 3. The first-order valence-corrected chi connectivity index (χ1v) is 12.1. The molecule has 0 spiro atoms. The monoisotopic (exact) mass is 474 g/mol. The quantitative estimate of drug-likeness (QED) is 0.512. The van der Waals surface area contributed by atoms with Gasteiger partial charge in [-0.25, -0.2) is 9.97 Å². The van der Waals surface area contributed by atoms with Crippen molar-refractivity contribution in [2.75, 3.05) is 17.2 Å². The molecule has 1 aliphatic heterocycles. The zero-order chi connectivity index (χ0) is 24.6. The second kappa shape index (κ2) is 9.15. The number of aliphatic hydroxyl groups excluding tert-OH is 1.